The molecule has 0 aliphatic heterocycles. The lowest BCUT2D eigenvalue weighted by Crippen LogP contribution is -2.15. The minimum absolute atomic E-state index is 0.135. The van der Waals surface area contributed by atoms with E-state index in [0.717, 1.165) is 11.3 Å². The van der Waals surface area contributed by atoms with Gasteiger partial charge in [-0.1, -0.05) is 23.7 Å². The van der Waals surface area contributed by atoms with Crippen LogP contribution in [0.15, 0.2) is 48.7 Å². The minimum Gasteiger partial charge on any atom is -0.457 e. The first-order chi connectivity index (χ1) is 13.8. The molecule has 3 aromatic rings. The Labute approximate surface area is 172 Å². The predicted octanol–water partition coefficient (Wildman–Crippen LogP) is 4.88. The van der Waals surface area contributed by atoms with Crippen molar-refractivity contribution >= 4 is 28.9 Å². The monoisotopic (exact) mass is 414 g/mol. The molecule has 9 heteroatoms. The highest BCUT2D eigenvalue weighted by molar-refractivity contribution is 6.31. The van der Waals surface area contributed by atoms with E-state index in [1.165, 1.54) is 18.3 Å². The molecule has 3 rings (SSSR count). The number of carbonyl (C=O) groups excluding carboxylic acids is 1. The Kier molecular flexibility index (Phi) is 6.13. The van der Waals surface area contributed by atoms with Gasteiger partial charge in [0, 0.05) is 18.6 Å². The van der Waals surface area contributed by atoms with Crippen LogP contribution in [0, 0.1) is 24.0 Å². The molecule has 0 spiro atoms. The summed E-state index contributed by atoms with van der Waals surface area (Å²) in [5.41, 5.74) is 1.86. The molecule has 0 aliphatic carbocycles. The molecule has 150 valence electrons. The maximum absolute atomic E-state index is 12.3. The van der Waals surface area contributed by atoms with Crippen molar-refractivity contribution in [3.05, 3.63) is 75.1 Å². The van der Waals surface area contributed by atoms with E-state index in [1.54, 1.807) is 16.8 Å². The van der Waals surface area contributed by atoms with E-state index in [9.17, 15) is 14.9 Å². The molecule has 0 atom stereocenters. The van der Waals surface area contributed by atoms with E-state index < -0.39 is 4.92 Å². The van der Waals surface area contributed by atoms with E-state index >= 15 is 0 Å². The van der Waals surface area contributed by atoms with Crippen LogP contribution in [0.4, 0.5) is 11.4 Å². The Bertz CT molecular complexity index is 1060. The second-order valence-electron chi connectivity index (χ2n) is 6.49. The zero-order chi connectivity index (χ0) is 21.0. The highest BCUT2D eigenvalue weighted by Gasteiger charge is 2.14. The molecular weight excluding hydrogens is 396 g/mol. The van der Waals surface area contributed by atoms with E-state index in [0.29, 0.717) is 17.3 Å². The fourth-order valence-electron chi connectivity index (χ4n) is 2.71. The summed E-state index contributed by atoms with van der Waals surface area (Å²) in [5.74, 6) is 0.502. The molecule has 2 aromatic carbocycles. The number of rotatable bonds is 7. The van der Waals surface area contributed by atoms with E-state index in [1.807, 2.05) is 32.0 Å². The number of hydrogen-bond acceptors (Lipinski definition) is 5. The molecular formula is C20H19ClN4O4. The summed E-state index contributed by atoms with van der Waals surface area (Å²) in [6.07, 6.45) is 1.65. The predicted molar refractivity (Wildman–Crippen MR) is 110 cm³/mol. The Hall–Kier alpha value is -3.39. The van der Waals surface area contributed by atoms with Gasteiger partial charge in [-0.05, 0) is 31.5 Å². The summed E-state index contributed by atoms with van der Waals surface area (Å²) in [6.45, 7) is 4.06. The van der Waals surface area contributed by atoms with Crippen LogP contribution < -0.4 is 10.1 Å². The number of halogens is 1. The maximum Gasteiger partial charge on any atom is 0.275 e. The number of non-ortho nitro benzene ring substituents is 1. The zero-order valence-electron chi connectivity index (χ0n) is 15.9. The van der Waals surface area contributed by atoms with Crippen molar-refractivity contribution in [1.82, 2.24) is 9.78 Å². The number of benzene rings is 2. The number of nitrogens with zero attached hydrogens (tertiary/aromatic N) is 3. The molecule has 0 unspecified atom stereocenters. The van der Waals surface area contributed by atoms with E-state index in [2.05, 4.69) is 10.4 Å². The van der Waals surface area contributed by atoms with Crippen LogP contribution >= 0.6 is 11.6 Å². The maximum atomic E-state index is 12.3. The quantitative estimate of drug-likeness (QED) is 0.438. The zero-order valence-corrected chi connectivity index (χ0v) is 16.6. The second kappa shape index (κ2) is 8.74. The number of amides is 1. The van der Waals surface area contributed by atoms with E-state index in [4.69, 9.17) is 16.3 Å². The van der Waals surface area contributed by atoms with Crippen molar-refractivity contribution in [3.63, 3.8) is 0 Å². The summed E-state index contributed by atoms with van der Waals surface area (Å²) in [5, 5.41) is 18.6. The largest absolute Gasteiger partial charge is 0.457 e. The van der Waals surface area contributed by atoms with Gasteiger partial charge in [0.1, 0.15) is 11.5 Å². The Morgan fingerprint density at radius 3 is 2.69 bits per heavy atom. The molecule has 1 N–H and O–H groups in total. The highest BCUT2D eigenvalue weighted by Crippen LogP contribution is 2.30. The number of carbonyl (C=O) groups is 1. The molecule has 1 heterocycles. The van der Waals surface area contributed by atoms with Crippen molar-refractivity contribution in [2.75, 3.05) is 5.32 Å². The topological polar surface area (TPSA) is 99.3 Å². The van der Waals surface area contributed by atoms with Gasteiger partial charge in [0.25, 0.3) is 5.69 Å². The van der Waals surface area contributed by atoms with Crippen LogP contribution in [0.25, 0.3) is 0 Å². The molecule has 0 saturated heterocycles. The number of nitro groups is 1. The van der Waals surface area contributed by atoms with Crippen molar-refractivity contribution in [1.29, 1.82) is 0 Å². The fraction of sp³-hybridized carbons (Fsp3) is 0.200. The third kappa shape index (κ3) is 5.32. The number of aryl methyl sites for hydroxylation is 2. The minimum atomic E-state index is -0.534. The summed E-state index contributed by atoms with van der Waals surface area (Å²) in [7, 11) is 0. The lowest BCUT2D eigenvalue weighted by atomic mass is 10.2. The van der Waals surface area contributed by atoms with Crippen molar-refractivity contribution < 1.29 is 14.5 Å². The molecule has 0 fully saturated rings. The Morgan fingerprint density at radius 1 is 1.24 bits per heavy atom. The van der Waals surface area contributed by atoms with Crippen LogP contribution in [0.5, 0.6) is 11.5 Å². The molecule has 0 bridgehead atoms. The first-order valence-corrected chi connectivity index (χ1v) is 9.21. The molecule has 0 saturated carbocycles. The van der Waals surface area contributed by atoms with E-state index in [-0.39, 0.29) is 29.5 Å². The second-order valence-corrected chi connectivity index (χ2v) is 6.90. The van der Waals surface area contributed by atoms with Gasteiger partial charge in [-0.25, -0.2) is 0 Å². The van der Waals surface area contributed by atoms with Crippen LogP contribution in [0.3, 0.4) is 0 Å². The molecule has 1 amide bonds. The molecule has 8 nitrogen and oxygen atoms in total. The molecule has 29 heavy (non-hydrogen) atoms. The van der Waals surface area contributed by atoms with Gasteiger partial charge < -0.3 is 10.1 Å². The lowest BCUT2D eigenvalue weighted by Gasteiger charge is -2.10. The third-order valence-corrected chi connectivity index (χ3v) is 4.58. The average molecular weight is 415 g/mol. The number of aromatic nitrogens is 2. The van der Waals surface area contributed by atoms with Gasteiger partial charge in [-0.3, -0.25) is 19.6 Å². The van der Waals surface area contributed by atoms with Crippen molar-refractivity contribution in [2.24, 2.45) is 0 Å². The SMILES string of the molecule is Cc1cccc(Oc2cc(NC(=O)CCn3ncc(Cl)c3C)cc([N+](=O)[O-])c2)c1. The molecule has 1 aromatic heterocycles. The number of nitrogens with one attached hydrogen (secondary N) is 1. The molecule has 0 radical (unpaired) electrons. The Morgan fingerprint density at radius 2 is 2.03 bits per heavy atom. The number of anilines is 1. The third-order valence-electron chi connectivity index (χ3n) is 4.21. The summed E-state index contributed by atoms with van der Waals surface area (Å²) in [4.78, 5) is 23.0. The van der Waals surface area contributed by atoms with Crippen molar-refractivity contribution in [2.45, 2.75) is 26.8 Å². The first-order valence-electron chi connectivity index (χ1n) is 8.83. The van der Waals surface area contributed by atoms with Crippen molar-refractivity contribution in [3.8, 4) is 11.5 Å². The van der Waals surface area contributed by atoms with Gasteiger partial charge in [0.2, 0.25) is 5.91 Å². The van der Waals surface area contributed by atoms with Crippen LogP contribution in [0.2, 0.25) is 5.02 Å². The fourth-order valence-corrected chi connectivity index (χ4v) is 2.86. The number of nitro benzene ring substituents is 1. The average Bonchev–Trinajstić information content (AvgIpc) is 2.98. The normalized spacial score (nSPS) is 10.6. The molecule has 0 aliphatic rings. The summed E-state index contributed by atoms with van der Waals surface area (Å²) >= 11 is 5.95. The number of hydrogen-bond donors (Lipinski definition) is 1. The summed E-state index contributed by atoms with van der Waals surface area (Å²) < 4.78 is 7.36. The lowest BCUT2D eigenvalue weighted by molar-refractivity contribution is -0.384. The number of ether oxygens (including phenoxy) is 1. The highest BCUT2D eigenvalue weighted by atomic mass is 35.5. The Balaban J connectivity index is 1.73. The van der Waals surface area contributed by atoms with Gasteiger partial charge in [-0.15, -0.1) is 0 Å². The van der Waals surface area contributed by atoms with Gasteiger partial charge in [-0.2, -0.15) is 5.10 Å². The van der Waals surface area contributed by atoms with Crippen LogP contribution in [-0.2, 0) is 11.3 Å². The van der Waals surface area contributed by atoms with Crippen LogP contribution in [0.1, 0.15) is 17.7 Å². The standard InChI is InChI=1S/C20H19ClN4O4/c1-13-4-3-5-17(8-13)29-18-10-15(9-16(11-18)25(27)28)23-20(26)6-7-24-14(2)19(21)12-22-24/h3-5,8-12H,6-7H2,1-2H3,(H,23,26). The summed E-state index contributed by atoms with van der Waals surface area (Å²) in [6, 6.07) is 11.5. The first kappa shape index (κ1) is 20.3. The smallest absolute Gasteiger partial charge is 0.275 e. The van der Waals surface area contributed by atoms with Gasteiger partial charge in [0.15, 0.2) is 0 Å². The van der Waals surface area contributed by atoms with Gasteiger partial charge >= 0.3 is 0 Å². The van der Waals surface area contributed by atoms with Crippen LogP contribution in [-0.4, -0.2) is 20.6 Å². The van der Waals surface area contributed by atoms with Gasteiger partial charge in [0.05, 0.1) is 40.1 Å².